The minimum Gasteiger partial charge on any atom is -0.463 e. The molecule has 0 amide bonds. The van der Waals surface area contributed by atoms with Crippen molar-refractivity contribution in [3.63, 3.8) is 0 Å². The predicted molar refractivity (Wildman–Crippen MR) is 235 cm³/mol. The van der Waals surface area contributed by atoms with Gasteiger partial charge in [-0.25, -0.2) is 0 Å². The van der Waals surface area contributed by atoms with Gasteiger partial charge in [-0.1, -0.05) is 141 Å². The van der Waals surface area contributed by atoms with Crippen LogP contribution in [0.5, 0.6) is 0 Å². The molecule has 6 N–H and O–H groups in total. The summed E-state index contributed by atoms with van der Waals surface area (Å²) in [6.07, 6.45) is 22.7. The van der Waals surface area contributed by atoms with Gasteiger partial charge in [0.1, 0.15) is 62.0 Å². The summed E-state index contributed by atoms with van der Waals surface area (Å²) in [5.41, 5.74) is 0. The van der Waals surface area contributed by atoms with Gasteiger partial charge in [0.25, 0.3) is 0 Å². The van der Waals surface area contributed by atoms with Crippen LogP contribution in [0.25, 0.3) is 0 Å². The Labute approximate surface area is 367 Å². The topological polar surface area (TPSA) is 202 Å². The van der Waals surface area contributed by atoms with Gasteiger partial charge >= 0.3 is 11.9 Å². The van der Waals surface area contributed by atoms with Crippen LogP contribution in [0.3, 0.4) is 0 Å². The fourth-order valence-electron chi connectivity index (χ4n) is 7.64. The van der Waals surface area contributed by atoms with Crippen molar-refractivity contribution in [2.75, 3.05) is 13.2 Å². The summed E-state index contributed by atoms with van der Waals surface area (Å²) in [5, 5.41) is 63.4. The van der Waals surface area contributed by atoms with Crippen LogP contribution in [-0.4, -0.2) is 117 Å². The molecule has 2 aliphatic rings. The first-order valence-electron chi connectivity index (χ1n) is 24.3. The summed E-state index contributed by atoms with van der Waals surface area (Å²) in [4.78, 5) is 24.9. The maximum atomic E-state index is 12.5. The standard InChI is InChI=1S/C48H86O13/c1-3-5-7-9-11-13-15-17-19-21-23-25-27-29-31-33-39(49)57-35-37-41(51)43(53)45(55)47(59-37)61-48-46(56)44(54)42(52)38(60-48)36-58-40(50)34-32-30-28-26-24-22-20-18-16-14-12-10-8-6-4-2/h17-20,37-38,41-48,51-56H,3-16,21-36H2,1-2H3/b19-17-,20-18-/t37?,38?,41-,42-,43?,44?,45?,46?,47-,48-/m1/s1. The van der Waals surface area contributed by atoms with Gasteiger partial charge in [0, 0.05) is 12.8 Å². The summed E-state index contributed by atoms with van der Waals surface area (Å²) in [5.74, 6) is -0.992. The number of rotatable bonds is 36. The molecule has 0 aliphatic carbocycles. The predicted octanol–water partition coefficient (Wildman–Crippen LogP) is 7.78. The lowest BCUT2D eigenvalue weighted by Crippen LogP contribution is -2.64. The first kappa shape index (κ1) is 55.2. The van der Waals surface area contributed by atoms with Gasteiger partial charge in [0.05, 0.1) is 0 Å². The molecule has 0 bridgehead atoms. The smallest absolute Gasteiger partial charge is 0.305 e. The molecule has 0 aromatic rings. The van der Waals surface area contributed by atoms with Gasteiger partial charge in [-0.15, -0.1) is 0 Å². The Morgan fingerprint density at radius 1 is 0.410 bits per heavy atom. The monoisotopic (exact) mass is 871 g/mol. The molecular weight excluding hydrogens is 785 g/mol. The molecule has 6 unspecified atom stereocenters. The molecule has 10 atom stereocenters. The van der Waals surface area contributed by atoms with Crippen LogP contribution in [0.4, 0.5) is 0 Å². The van der Waals surface area contributed by atoms with Crippen molar-refractivity contribution in [3.8, 4) is 0 Å². The van der Waals surface area contributed by atoms with E-state index in [2.05, 4.69) is 38.2 Å². The molecule has 0 aromatic heterocycles. The highest BCUT2D eigenvalue weighted by Gasteiger charge is 2.50. The van der Waals surface area contributed by atoms with Crippen molar-refractivity contribution < 1.29 is 63.9 Å². The first-order chi connectivity index (χ1) is 29.6. The lowest BCUT2D eigenvalue weighted by atomic mass is 9.98. The molecule has 13 heteroatoms. The zero-order valence-corrected chi connectivity index (χ0v) is 37.8. The Morgan fingerprint density at radius 3 is 1.03 bits per heavy atom. The van der Waals surface area contributed by atoms with Crippen molar-refractivity contribution >= 4 is 11.9 Å². The van der Waals surface area contributed by atoms with Crippen molar-refractivity contribution in [3.05, 3.63) is 24.3 Å². The third kappa shape index (κ3) is 24.6. The van der Waals surface area contributed by atoms with E-state index in [1.807, 2.05) is 0 Å². The third-order valence-corrected chi connectivity index (χ3v) is 11.7. The zero-order chi connectivity index (χ0) is 44.5. The van der Waals surface area contributed by atoms with Crippen molar-refractivity contribution in [1.82, 2.24) is 0 Å². The van der Waals surface area contributed by atoms with Gasteiger partial charge in [-0.2, -0.15) is 0 Å². The molecule has 2 heterocycles. The molecular formula is C48H86O13. The fraction of sp³-hybridized carbons (Fsp3) is 0.875. The van der Waals surface area contributed by atoms with Gasteiger partial charge in [0.2, 0.25) is 0 Å². The Hall–Kier alpha value is -1.94. The van der Waals surface area contributed by atoms with Crippen LogP contribution in [0.2, 0.25) is 0 Å². The van der Waals surface area contributed by atoms with Crippen LogP contribution in [0.1, 0.15) is 194 Å². The highest BCUT2D eigenvalue weighted by molar-refractivity contribution is 5.69. The van der Waals surface area contributed by atoms with Crippen molar-refractivity contribution in [2.45, 2.75) is 255 Å². The molecule has 0 radical (unpaired) electrons. The quantitative estimate of drug-likeness (QED) is 0.0203. The van der Waals surface area contributed by atoms with E-state index < -0.39 is 86.6 Å². The SMILES string of the molecule is CCCCCCCC/C=C\CCCCCCCC(=O)OCC1O[C@H](O[C@H]2OC(COC(=O)CCCCCCC/C=C\CCCCCCCC)[C@@H](O)C(O)C2O)C(O)C(O)[C@@H]1O. The second kappa shape index (κ2) is 35.4. The minimum absolute atomic E-state index is 0.178. The molecule has 13 nitrogen and oxygen atoms in total. The number of hydrogen-bond acceptors (Lipinski definition) is 13. The van der Waals surface area contributed by atoms with Crippen LogP contribution in [0.15, 0.2) is 24.3 Å². The molecule has 2 rings (SSSR count). The van der Waals surface area contributed by atoms with E-state index in [9.17, 15) is 40.2 Å². The number of aliphatic hydroxyl groups is 6. The minimum atomic E-state index is -1.81. The number of aliphatic hydroxyl groups excluding tert-OH is 6. The second-order valence-electron chi connectivity index (χ2n) is 17.2. The molecule has 0 saturated carbocycles. The van der Waals surface area contributed by atoms with Crippen LogP contribution in [0, 0.1) is 0 Å². The maximum absolute atomic E-state index is 12.5. The summed E-state index contributed by atoms with van der Waals surface area (Å²) in [6.45, 7) is 3.60. The average Bonchev–Trinajstić information content (AvgIpc) is 3.25. The number of esters is 2. The number of carbonyl (C=O) groups excluding carboxylic acids is 2. The Balaban J connectivity index is 1.63. The van der Waals surface area contributed by atoms with E-state index in [0.717, 1.165) is 77.0 Å². The average molecular weight is 871 g/mol. The Morgan fingerprint density at radius 2 is 0.705 bits per heavy atom. The Kier molecular flexibility index (Phi) is 32.0. The molecule has 61 heavy (non-hydrogen) atoms. The summed E-state index contributed by atoms with van der Waals surface area (Å²) >= 11 is 0. The summed E-state index contributed by atoms with van der Waals surface area (Å²) in [6, 6.07) is 0. The number of hydrogen-bond donors (Lipinski definition) is 6. The van der Waals surface area contributed by atoms with Crippen molar-refractivity contribution in [2.24, 2.45) is 0 Å². The first-order valence-corrected chi connectivity index (χ1v) is 24.3. The van der Waals surface area contributed by atoms with Crippen LogP contribution in [-0.2, 0) is 33.3 Å². The lowest BCUT2D eigenvalue weighted by Gasteiger charge is -2.44. The highest BCUT2D eigenvalue weighted by Crippen LogP contribution is 2.29. The van der Waals surface area contributed by atoms with E-state index in [4.69, 9.17) is 23.7 Å². The van der Waals surface area contributed by atoms with Gasteiger partial charge < -0.3 is 54.3 Å². The zero-order valence-electron chi connectivity index (χ0n) is 37.8. The molecule has 0 spiro atoms. The van der Waals surface area contributed by atoms with Crippen LogP contribution >= 0.6 is 0 Å². The largest absolute Gasteiger partial charge is 0.463 e. The van der Waals surface area contributed by atoms with Gasteiger partial charge in [-0.3, -0.25) is 9.59 Å². The third-order valence-electron chi connectivity index (χ3n) is 11.7. The fourth-order valence-corrected chi connectivity index (χ4v) is 7.64. The van der Waals surface area contributed by atoms with Crippen LogP contribution < -0.4 is 0 Å². The van der Waals surface area contributed by atoms with E-state index in [1.165, 1.54) is 77.0 Å². The molecule has 0 aromatic carbocycles. The van der Waals surface area contributed by atoms with Gasteiger partial charge in [0.15, 0.2) is 12.6 Å². The van der Waals surface area contributed by atoms with E-state index in [1.54, 1.807) is 0 Å². The molecule has 2 saturated heterocycles. The Bertz CT molecular complexity index is 1060. The molecule has 356 valence electrons. The summed E-state index contributed by atoms with van der Waals surface area (Å²) in [7, 11) is 0. The highest BCUT2D eigenvalue weighted by atomic mass is 16.8. The number of ether oxygens (including phenoxy) is 5. The van der Waals surface area contributed by atoms with E-state index in [-0.39, 0.29) is 12.8 Å². The maximum Gasteiger partial charge on any atom is 0.305 e. The molecule has 2 fully saturated rings. The second-order valence-corrected chi connectivity index (χ2v) is 17.2. The number of carbonyl (C=O) groups is 2. The van der Waals surface area contributed by atoms with E-state index >= 15 is 0 Å². The van der Waals surface area contributed by atoms with Gasteiger partial charge in [-0.05, 0) is 64.2 Å². The summed E-state index contributed by atoms with van der Waals surface area (Å²) < 4.78 is 27.5. The molecule has 2 aliphatic heterocycles. The number of unbranched alkanes of at least 4 members (excludes halogenated alkanes) is 22. The normalized spacial score (nSPS) is 27.0. The van der Waals surface area contributed by atoms with Crippen molar-refractivity contribution in [1.29, 1.82) is 0 Å². The lowest BCUT2D eigenvalue weighted by molar-refractivity contribution is -0.376. The number of allylic oxidation sites excluding steroid dienone is 4. The van der Waals surface area contributed by atoms with E-state index in [0.29, 0.717) is 12.8 Å².